The molecule has 0 aliphatic carbocycles. The van der Waals surface area contributed by atoms with E-state index in [-0.39, 0.29) is 21.3 Å². The van der Waals surface area contributed by atoms with E-state index >= 15 is 0 Å². The largest absolute Gasteiger partial charge is 0.454 e. The fourth-order valence-electron chi connectivity index (χ4n) is 3.34. The second-order valence-electron chi connectivity index (χ2n) is 7.47. The smallest absolute Gasteiger partial charge is 0.340 e. The van der Waals surface area contributed by atoms with Gasteiger partial charge in [-0.25, -0.2) is 17.6 Å². The summed E-state index contributed by atoms with van der Waals surface area (Å²) in [5, 5.41) is 0.00873. The lowest BCUT2D eigenvalue weighted by Gasteiger charge is -2.11. The number of sulfone groups is 1. The Kier molecular flexibility index (Phi) is 6.57. The Morgan fingerprint density at radius 2 is 1.72 bits per heavy atom. The van der Waals surface area contributed by atoms with Crippen molar-refractivity contribution in [3.63, 3.8) is 0 Å². The van der Waals surface area contributed by atoms with Crippen LogP contribution in [0.25, 0.3) is 5.69 Å². The van der Waals surface area contributed by atoms with Gasteiger partial charge in [0.25, 0.3) is 0 Å². The van der Waals surface area contributed by atoms with E-state index in [4.69, 9.17) is 16.3 Å². The Labute approximate surface area is 190 Å². The molecule has 32 heavy (non-hydrogen) atoms. The van der Waals surface area contributed by atoms with Gasteiger partial charge in [-0.2, -0.15) is 0 Å². The van der Waals surface area contributed by atoms with Gasteiger partial charge in [-0.3, -0.25) is 4.79 Å². The molecule has 0 aliphatic heterocycles. The van der Waals surface area contributed by atoms with Crippen LogP contribution in [0.3, 0.4) is 0 Å². The normalized spacial score (nSPS) is 11.4. The second-order valence-corrected chi connectivity index (χ2v) is 9.89. The van der Waals surface area contributed by atoms with Crippen molar-refractivity contribution in [1.29, 1.82) is 0 Å². The number of Topliss-reactive ketones (excluding diaryl/α,β-unsaturated/α-hetero) is 1. The average Bonchev–Trinajstić information content (AvgIpc) is 3.01. The minimum atomic E-state index is -3.55. The van der Waals surface area contributed by atoms with Gasteiger partial charge in [0, 0.05) is 28.9 Å². The maximum Gasteiger partial charge on any atom is 0.340 e. The van der Waals surface area contributed by atoms with E-state index < -0.39 is 28.2 Å². The Morgan fingerprint density at radius 1 is 1.03 bits per heavy atom. The topological polar surface area (TPSA) is 82.4 Å². The van der Waals surface area contributed by atoms with Gasteiger partial charge in [0.05, 0.1) is 15.5 Å². The van der Waals surface area contributed by atoms with Crippen LogP contribution in [0.15, 0.2) is 47.4 Å². The fraction of sp³-hybridized carbons (Fsp3) is 0.217. The van der Waals surface area contributed by atoms with Crippen LogP contribution in [0.4, 0.5) is 4.39 Å². The number of ketones is 1. The van der Waals surface area contributed by atoms with Crippen molar-refractivity contribution in [1.82, 2.24) is 4.57 Å². The van der Waals surface area contributed by atoms with Crippen molar-refractivity contribution in [3.8, 4) is 5.69 Å². The number of nitrogens with zero attached hydrogens (tertiary/aromatic N) is 1. The molecule has 0 bridgehead atoms. The highest BCUT2D eigenvalue weighted by Crippen LogP contribution is 2.24. The van der Waals surface area contributed by atoms with Crippen LogP contribution in [0.1, 0.15) is 37.7 Å². The van der Waals surface area contributed by atoms with Crippen LogP contribution in [0, 0.1) is 26.6 Å². The van der Waals surface area contributed by atoms with Gasteiger partial charge in [-0.1, -0.05) is 17.7 Å². The van der Waals surface area contributed by atoms with Gasteiger partial charge in [-0.05, 0) is 62.7 Å². The molecule has 2 aromatic carbocycles. The summed E-state index contributed by atoms with van der Waals surface area (Å²) in [6, 6.07) is 10.1. The molecule has 0 amide bonds. The summed E-state index contributed by atoms with van der Waals surface area (Å²) >= 11 is 6.00. The minimum absolute atomic E-state index is 0.00873. The molecule has 3 aromatic rings. The lowest BCUT2D eigenvalue weighted by atomic mass is 10.1. The highest BCUT2D eigenvalue weighted by atomic mass is 35.5. The number of carbonyl (C=O) groups excluding carboxylic acids is 2. The monoisotopic (exact) mass is 477 g/mol. The average molecular weight is 478 g/mol. The third-order valence-electron chi connectivity index (χ3n) is 5.07. The zero-order valence-electron chi connectivity index (χ0n) is 17.9. The van der Waals surface area contributed by atoms with Crippen LogP contribution in [0.5, 0.6) is 0 Å². The zero-order chi connectivity index (χ0) is 23.8. The van der Waals surface area contributed by atoms with Crippen LogP contribution in [0.2, 0.25) is 5.02 Å². The van der Waals surface area contributed by atoms with E-state index in [1.165, 1.54) is 18.2 Å². The summed E-state index contributed by atoms with van der Waals surface area (Å²) in [5.74, 6) is -1.73. The molecule has 1 heterocycles. The van der Waals surface area contributed by atoms with Crippen LogP contribution in [-0.2, 0) is 14.6 Å². The molecule has 0 saturated heterocycles. The van der Waals surface area contributed by atoms with Crippen molar-refractivity contribution in [3.05, 3.63) is 81.4 Å². The molecule has 0 fully saturated rings. The molecule has 0 atom stereocenters. The van der Waals surface area contributed by atoms with E-state index in [0.717, 1.165) is 12.3 Å². The summed E-state index contributed by atoms with van der Waals surface area (Å²) in [5.41, 5.74) is 2.55. The summed E-state index contributed by atoms with van der Waals surface area (Å²) < 4.78 is 44.3. The zero-order valence-corrected chi connectivity index (χ0v) is 19.5. The molecule has 168 valence electrons. The Morgan fingerprint density at radius 3 is 2.34 bits per heavy atom. The summed E-state index contributed by atoms with van der Waals surface area (Å²) in [7, 11) is -3.55. The highest BCUT2D eigenvalue weighted by molar-refractivity contribution is 7.90. The first-order valence-electron chi connectivity index (χ1n) is 9.55. The first kappa shape index (κ1) is 23.7. The van der Waals surface area contributed by atoms with E-state index in [9.17, 15) is 22.4 Å². The number of aryl methyl sites for hydroxylation is 2. The highest BCUT2D eigenvalue weighted by Gasteiger charge is 2.21. The number of carbonyl (C=O) groups is 2. The van der Waals surface area contributed by atoms with Gasteiger partial charge in [0.15, 0.2) is 16.4 Å². The summed E-state index contributed by atoms with van der Waals surface area (Å²) in [4.78, 5) is 25.1. The van der Waals surface area contributed by atoms with Crippen LogP contribution in [-0.4, -0.2) is 37.6 Å². The molecule has 0 unspecified atom stereocenters. The van der Waals surface area contributed by atoms with Crippen molar-refractivity contribution in [2.45, 2.75) is 25.7 Å². The molecule has 0 N–H and O–H groups in total. The molecule has 9 heteroatoms. The standard InChI is InChI=1S/C23H21ClFNO5S/c1-13-5-6-16(10-21(13)25)26-14(2)9-18(15(26)3)22(27)12-31-23(28)19-11-17(32(4,29)30)7-8-20(19)24/h5-11H,12H2,1-4H3. The molecule has 3 rings (SSSR count). The van der Waals surface area contributed by atoms with Crippen molar-refractivity contribution < 1.29 is 27.1 Å². The molecule has 0 saturated carbocycles. The van der Waals surface area contributed by atoms with E-state index in [2.05, 4.69) is 0 Å². The van der Waals surface area contributed by atoms with E-state index in [1.807, 2.05) is 0 Å². The summed E-state index contributed by atoms with van der Waals surface area (Å²) in [6.45, 7) is 4.59. The van der Waals surface area contributed by atoms with Gasteiger partial charge in [0.1, 0.15) is 5.82 Å². The lowest BCUT2D eigenvalue weighted by Crippen LogP contribution is -2.15. The summed E-state index contributed by atoms with van der Waals surface area (Å²) in [6.07, 6.45) is 1.00. The number of halogens is 2. The third-order valence-corrected chi connectivity index (χ3v) is 6.51. The molecule has 0 aliphatic rings. The molecular formula is C23H21ClFNO5S. The number of hydrogen-bond acceptors (Lipinski definition) is 5. The SMILES string of the molecule is Cc1ccc(-n2c(C)cc(C(=O)COC(=O)c3cc(S(C)(=O)=O)ccc3Cl)c2C)cc1F. The fourth-order valence-corrected chi connectivity index (χ4v) is 4.18. The Balaban J connectivity index is 1.82. The number of hydrogen-bond donors (Lipinski definition) is 0. The van der Waals surface area contributed by atoms with Crippen molar-refractivity contribution in [2.75, 3.05) is 12.9 Å². The predicted octanol–water partition coefficient (Wildman–Crippen LogP) is 4.64. The first-order chi connectivity index (χ1) is 14.9. The number of benzene rings is 2. The number of rotatable bonds is 6. The molecule has 0 radical (unpaired) electrons. The third kappa shape index (κ3) is 4.76. The number of aromatic nitrogens is 1. The van der Waals surface area contributed by atoms with Crippen LogP contribution >= 0.6 is 11.6 Å². The Bertz CT molecular complexity index is 1340. The van der Waals surface area contributed by atoms with Gasteiger partial charge in [0.2, 0.25) is 5.78 Å². The predicted molar refractivity (Wildman–Crippen MR) is 119 cm³/mol. The van der Waals surface area contributed by atoms with Gasteiger partial charge >= 0.3 is 5.97 Å². The molecule has 0 spiro atoms. The van der Waals surface area contributed by atoms with E-state index in [1.54, 1.807) is 43.5 Å². The lowest BCUT2D eigenvalue weighted by molar-refractivity contribution is 0.0474. The molecule has 1 aromatic heterocycles. The number of ether oxygens (including phenoxy) is 1. The van der Waals surface area contributed by atoms with Crippen molar-refractivity contribution >= 4 is 33.2 Å². The maximum atomic E-state index is 14.0. The number of esters is 1. The van der Waals surface area contributed by atoms with Crippen molar-refractivity contribution in [2.24, 2.45) is 0 Å². The van der Waals surface area contributed by atoms with Gasteiger partial charge in [-0.15, -0.1) is 0 Å². The van der Waals surface area contributed by atoms with E-state index in [0.29, 0.717) is 28.2 Å². The maximum absolute atomic E-state index is 14.0. The first-order valence-corrected chi connectivity index (χ1v) is 11.8. The Hall–Kier alpha value is -2.97. The minimum Gasteiger partial charge on any atom is -0.454 e. The quantitative estimate of drug-likeness (QED) is 0.381. The second kappa shape index (κ2) is 8.88. The van der Waals surface area contributed by atoms with Gasteiger partial charge < -0.3 is 9.30 Å². The van der Waals surface area contributed by atoms with Crippen LogP contribution < -0.4 is 0 Å². The molecular weight excluding hydrogens is 457 g/mol. The molecule has 6 nitrogen and oxygen atoms in total.